The van der Waals surface area contributed by atoms with Crippen molar-refractivity contribution in [3.8, 4) is 0 Å². The average Bonchev–Trinajstić information content (AvgIpc) is 2.21. The highest BCUT2D eigenvalue weighted by Gasteiger charge is 2.50. The number of carbonyl (C=O) groups is 2. The molecule has 5 N–H and O–H groups in total. The Kier molecular flexibility index (Phi) is 4.17. The highest BCUT2D eigenvalue weighted by Crippen LogP contribution is 2.30. The Labute approximate surface area is 96.6 Å². The van der Waals surface area contributed by atoms with E-state index in [1.807, 2.05) is 0 Å². The number of nitrogens with two attached hydrogens (primary N) is 2. The SMILES string of the molecule is CC1(C)C(=O)N(Cl)C(=O)N1Cl.N=C(N)N. The summed E-state index contributed by atoms with van der Waals surface area (Å²) in [5.74, 6) is -0.848. The van der Waals surface area contributed by atoms with Gasteiger partial charge in [-0.2, -0.15) is 4.42 Å². The first-order valence-corrected chi connectivity index (χ1v) is 4.39. The molecule has 0 atom stereocenters. The second-order valence-corrected chi connectivity index (χ2v) is 3.84. The van der Waals surface area contributed by atoms with Crippen LogP contribution in [0.15, 0.2) is 0 Å². The Bertz CT molecular complexity index is 302. The predicted molar refractivity (Wildman–Crippen MR) is 56.0 cm³/mol. The van der Waals surface area contributed by atoms with Crippen LogP contribution in [0.4, 0.5) is 4.79 Å². The number of urea groups is 1. The van der Waals surface area contributed by atoms with E-state index in [-0.39, 0.29) is 5.96 Å². The molecule has 9 heteroatoms. The summed E-state index contributed by atoms with van der Waals surface area (Å²) in [5.41, 5.74) is 7.90. The molecule has 15 heavy (non-hydrogen) atoms. The van der Waals surface area contributed by atoms with Gasteiger partial charge in [0.2, 0.25) is 0 Å². The molecular weight excluding hydrogens is 245 g/mol. The van der Waals surface area contributed by atoms with Crippen molar-refractivity contribution in [2.45, 2.75) is 19.4 Å². The normalized spacial score (nSPS) is 18.7. The minimum atomic E-state index is -1.04. The summed E-state index contributed by atoms with van der Waals surface area (Å²) in [6.07, 6.45) is 0. The number of amides is 3. The fourth-order valence-corrected chi connectivity index (χ4v) is 1.20. The van der Waals surface area contributed by atoms with Crippen LogP contribution in [0.25, 0.3) is 0 Å². The van der Waals surface area contributed by atoms with E-state index >= 15 is 0 Å². The van der Waals surface area contributed by atoms with Crippen molar-refractivity contribution in [1.82, 2.24) is 8.84 Å². The standard InChI is InChI=1S/C5H6Cl2N2O2.CH5N3/c1-5(2)3(10)8(6)4(11)9(5)7;2-1(3)4/h1-2H3;(H5,2,3,4). The summed E-state index contributed by atoms with van der Waals surface area (Å²) < 4.78 is 1.26. The molecule has 1 rings (SSSR count). The van der Waals surface area contributed by atoms with Gasteiger partial charge in [-0.3, -0.25) is 10.2 Å². The van der Waals surface area contributed by atoms with Crippen LogP contribution < -0.4 is 11.5 Å². The molecule has 0 aromatic carbocycles. The molecule has 0 aromatic heterocycles. The molecule has 3 amide bonds. The molecule has 1 fully saturated rings. The largest absolute Gasteiger partial charge is 0.370 e. The average molecular weight is 256 g/mol. The molecule has 1 aliphatic heterocycles. The lowest BCUT2D eigenvalue weighted by molar-refractivity contribution is -0.127. The first kappa shape index (κ1) is 13.8. The van der Waals surface area contributed by atoms with Gasteiger partial charge < -0.3 is 11.5 Å². The van der Waals surface area contributed by atoms with Crippen LogP contribution in [0.2, 0.25) is 0 Å². The molecule has 0 aromatic rings. The van der Waals surface area contributed by atoms with Gasteiger partial charge in [0.25, 0.3) is 5.91 Å². The maximum atomic E-state index is 11.1. The number of carbonyl (C=O) groups excluding carboxylic acids is 2. The minimum Gasteiger partial charge on any atom is -0.370 e. The fourth-order valence-electron chi connectivity index (χ4n) is 0.727. The lowest BCUT2D eigenvalue weighted by Gasteiger charge is -2.18. The molecule has 0 bridgehead atoms. The van der Waals surface area contributed by atoms with Crippen LogP contribution in [0, 0.1) is 5.41 Å². The zero-order valence-electron chi connectivity index (χ0n) is 8.12. The highest BCUT2D eigenvalue weighted by atomic mass is 35.5. The van der Waals surface area contributed by atoms with Crippen LogP contribution in [0.5, 0.6) is 0 Å². The third-order valence-electron chi connectivity index (χ3n) is 1.53. The molecule has 0 spiro atoms. The second kappa shape index (κ2) is 4.54. The summed E-state index contributed by atoms with van der Waals surface area (Å²) >= 11 is 10.8. The van der Waals surface area contributed by atoms with Crippen LogP contribution in [0.3, 0.4) is 0 Å². The van der Waals surface area contributed by atoms with Crippen molar-refractivity contribution < 1.29 is 9.59 Å². The van der Waals surface area contributed by atoms with Crippen LogP contribution in [-0.4, -0.2) is 32.3 Å². The van der Waals surface area contributed by atoms with E-state index in [4.69, 9.17) is 29.0 Å². The van der Waals surface area contributed by atoms with E-state index in [9.17, 15) is 9.59 Å². The third kappa shape index (κ3) is 2.87. The maximum absolute atomic E-state index is 11.1. The highest BCUT2D eigenvalue weighted by molar-refractivity contribution is 6.38. The number of halogens is 2. The summed E-state index contributed by atoms with van der Waals surface area (Å²) in [6, 6.07) is -0.705. The Morgan fingerprint density at radius 1 is 1.33 bits per heavy atom. The molecule has 0 saturated carbocycles. The lowest BCUT2D eigenvalue weighted by Crippen LogP contribution is -2.38. The molecule has 1 aliphatic rings. The van der Waals surface area contributed by atoms with E-state index in [1.54, 1.807) is 0 Å². The Morgan fingerprint density at radius 3 is 1.73 bits per heavy atom. The van der Waals surface area contributed by atoms with Crippen molar-refractivity contribution in [3.05, 3.63) is 0 Å². The van der Waals surface area contributed by atoms with E-state index in [1.165, 1.54) is 13.8 Å². The number of rotatable bonds is 0. The molecule has 0 aliphatic carbocycles. The van der Waals surface area contributed by atoms with Gasteiger partial charge in [0.1, 0.15) is 5.54 Å². The Morgan fingerprint density at radius 2 is 1.67 bits per heavy atom. The monoisotopic (exact) mass is 255 g/mol. The van der Waals surface area contributed by atoms with Crippen LogP contribution in [0.1, 0.15) is 13.8 Å². The van der Waals surface area contributed by atoms with E-state index in [2.05, 4.69) is 11.5 Å². The summed E-state index contributed by atoms with van der Waals surface area (Å²) in [7, 11) is 0. The molecule has 0 radical (unpaired) electrons. The smallest absolute Gasteiger partial charge is 0.357 e. The van der Waals surface area contributed by atoms with Crippen molar-refractivity contribution in [2.24, 2.45) is 11.5 Å². The van der Waals surface area contributed by atoms with E-state index < -0.39 is 17.5 Å². The number of hydrogen-bond donors (Lipinski definition) is 3. The number of imide groups is 1. The molecule has 7 nitrogen and oxygen atoms in total. The van der Waals surface area contributed by atoms with E-state index in [0.29, 0.717) is 4.42 Å². The van der Waals surface area contributed by atoms with Crippen LogP contribution in [-0.2, 0) is 4.79 Å². The van der Waals surface area contributed by atoms with Crippen molar-refractivity contribution in [3.63, 3.8) is 0 Å². The lowest BCUT2D eigenvalue weighted by atomic mass is 10.1. The van der Waals surface area contributed by atoms with Gasteiger partial charge in [0, 0.05) is 23.6 Å². The molecule has 1 saturated heterocycles. The summed E-state index contributed by atoms with van der Waals surface area (Å²) in [4.78, 5) is 22.0. The van der Waals surface area contributed by atoms with Crippen LogP contribution >= 0.6 is 23.6 Å². The fraction of sp³-hybridized carbons (Fsp3) is 0.500. The molecular formula is C6H11Cl2N5O2. The Balaban J connectivity index is 0.000000423. The van der Waals surface area contributed by atoms with Gasteiger partial charge in [0.05, 0.1) is 0 Å². The molecule has 0 unspecified atom stereocenters. The second-order valence-electron chi connectivity index (χ2n) is 3.16. The zero-order valence-corrected chi connectivity index (χ0v) is 9.63. The third-order valence-corrected chi connectivity index (χ3v) is 2.39. The first-order valence-electron chi connectivity index (χ1n) is 3.72. The molecule has 1 heterocycles. The Hall–Kier alpha value is -1.21. The predicted octanol–water partition coefficient (Wildman–Crippen LogP) is 0.175. The van der Waals surface area contributed by atoms with Gasteiger partial charge in [-0.15, -0.1) is 0 Å². The maximum Gasteiger partial charge on any atom is 0.357 e. The molecule has 86 valence electrons. The van der Waals surface area contributed by atoms with Gasteiger partial charge in [-0.05, 0) is 13.8 Å². The topological polar surface area (TPSA) is 117 Å². The summed E-state index contributed by atoms with van der Waals surface area (Å²) in [5, 5.41) is 6.06. The zero-order chi connectivity index (χ0) is 12.4. The van der Waals surface area contributed by atoms with Gasteiger partial charge in [-0.1, -0.05) is 0 Å². The van der Waals surface area contributed by atoms with Crippen molar-refractivity contribution in [2.75, 3.05) is 0 Å². The summed E-state index contributed by atoms with van der Waals surface area (Å²) in [6.45, 7) is 3.03. The first-order chi connectivity index (χ1) is 6.62. The number of hydrogen-bond acceptors (Lipinski definition) is 3. The van der Waals surface area contributed by atoms with Gasteiger partial charge >= 0.3 is 6.03 Å². The van der Waals surface area contributed by atoms with Crippen molar-refractivity contribution >= 4 is 41.5 Å². The minimum absolute atomic E-state index is 0.333. The number of guanidine groups is 1. The quantitative estimate of drug-likeness (QED) is 0.248. The van der Waals surface area contributed by atoms with Gasteiger partial charge in [-0.25, -0.2) is 9.21 Å². The number of nitrogens with zero attached hydrogens (tertiary/aromatic N) is 2. The van der Waals surface area contributed by atoms with Crippen molar-refractivity contribution in [1.29, 1.82) is 5.41 Å². The van der Waals surface area contributed by atoms with Gasteiger partial charge in [0.15, 0.2) is 5.96 Å². The number of nitrogens with one attached hydrogen (secondary N) is 1. The van der Waals surface area contributed by atoms with E-state index in [0.717, 1.165) is 4.42 Å².